The molecule has 1 aromatic heterocycles. The van der Waals surface area contributed by atoms with E-state index in [9.17, 15) is 9.59 Å². The van der Waals surface area contributed by atoms with E-state index in [0.717, 1.165) is 11.3 Å². The number of nitrogens with two attached hydrogens (primary N) is 1. The molecule has 2 amide bonds. The van der Waals surface area contributed by atoms with Crippen molar-refractivity contribution in [3.05, 3.63) is 47.8 Å². The van der Waals surface area contributed by atoms with Crippen LogP contribution in [0.4, 0.5) is 11.6 Å². The third-order valence-electron chi connectivity index (χ3n) is 4.87. The van der Waals surface area contributed by atoms with Crippen molar-refractivity contribution in [1.82, 2.24) is 14.9 Å². The zero-order valence-corrected chi connectivity index (χ0v) is 15.9. The molecule has 0 aliphatic carbocycles. The Bertz CT molecular complexity index is 817. The second-order valence-electron chi connectivity index (χ2n) is 7.30. The maximum Gasteiger partial charge on any atom is 0.228 e. The molecule has 0 radical (unpaired) electrons. The fourth-order valence-corrected chi connectivity index (χ4v) is 3.27. The third-order valence-corrected chi connectivity index (χ3v) is 4.87. The molecule has 1 atom stereocenters. The molecule has 2 heterocycles. The standard InChI is InChI=1S/C20H25N5O2/c1-13(2)15-4-6-17(7-5-15)25-12-16(8-18(25)26)19(27)24(3)11-14-9-22-20(21)23-10-14/h4-7,9-10,13,16H,8,11-12H2,1-3H3,(H2,21,22,23)/t16-/m0/s1. The molecule has 0 bridgehead atoms. The van der Waals surface area contributed by atoms with Crippen LogP contribution in [0, 0.1) is 5.92 Å². The second-order valence-corrected chi connectivity index (χ2v) is 7.30. The number of nitrogen functional groups attached to an aromatic ring is 1. The highest BCUT2D eigenvalue weighted by molar-refractivity contribution is 6.00. The van der Waals surface area contributed by atoms with Crippen molar-refractivity contribution in [1.29, 1.82) is 0 Å². The number of hydrogen-bond donors (Lipinski definition) is 1. The summed E-state index contributed by atoms with van der Waals surface area (Å²) < 4.78 is 0. The molecule has 1 fully saturated rings. The number of rotatable bonds is 5. The van der Waals surface area contributed by atoms with Crippen molar-refractivity contribution < 1.29 is 9.59 Å². The van der Waals surface area contributed by atoms with Crippen LogP contribution in [0.5, 0.6) is 0 Å². The Morgan fingerprint density at radius 1 is 1.26 bits per heavy atom. The lowest BCUT2D eigenvalue weighted by Crippen LogP contribution is -2.34. The number of aromatic nitrogens is 2. The Morgan fingerprint density at radius 2 is 1.89 bits per heavy atom. The lowest BCUT2D eigenvalue weighted by Gasteiger charge is -2.21. The highest BCUT2D eigenvalue weighted by atomic mass is 16.2. The van der Waals surface area contributed by atoms with Gasteiger partial charge in [0.15, 0.2) is 0 Å². The summed E-state index contributed by atoms with van der Waals surface area (Å²) in [4.78, 5) is 36.4. The van der Waals surface area contributed by atoms with Crippen LogP contribution < -0.4 is 10.6 Å². The average molecular weight is 367 g/mol. The molecule has 7 nitrogen and oxygen atoms in total. The smallest absolute Gasteiger partial charge is 0.228 e. The van der Waals surface area contributed by atoms with E-state index in [-0.39, 0.29) is 30.1 Å². The van der Waals surface area contributed by atoms with Gasteiger partial charge in [0.2, 0.25) is 17.8 Å². The van der Waals surface area contributed by atoms with Gasteiger partial charge in [-0.05, 0) is 23.6 Å². The molecule has 1 aliphatic rings. The van der Waals surface area contributed by atoms with E-state index < -0.39 is 0 Å². The van der Waals surface area contributed by atoms with E-state index in [1.165, 1.54) is 5.56 Å². The van der Waals surface area contributed by atoms with Crippen molar-refractivity contribution in [2.75, 3.05) is 24.2 Å². The molecule has 2 aromatic rings. The van der Waals surface area contributed by atoms with Gasteiger partial charge >= 0.3 is 0 Å². The van der Waals surface area contributed by atoms with Crippen molar-refractivity contribution in [2.24, 2.45) is 5.92 Å². The SMILES string of the molecule is CC(C)c1ccc(N2C[C@@H](C(=O)N(C)Cc3cnc(N)nc3)CC2=O)cc1. The van der Waals surface area contributed by atoms with Gasteiger partial charge in [0.1, 0.15) is 0 Å². The van der Waals surface area contributed by atoms with Crippen LogP contribution in [-0.2, 0) is 16.1 Å². The molecule has 1 aliphatic heterocycles. The first-order chi connectivity index (χ1) is 12.8. The maximum atomic E-state index is 12.8. The van der Waals surface area contributed by atoms with Crippen LogP contribution in [0.15, 0.2) is 36.7 Å². The Labute approximate surface area is 159 Å². The number of nitrogens with zero attached hydrogens (tertiary/aromatic N) is 4. The van der Waals surface area contributed by atoms with Crippen LogP contribution in [0.3, 0.4) is 0 Å². The van der Waals surface area contributed by atoms with Crippen LogP contribution >= 0.6 is 0 Å². The van der Waals surface area contributed by atoms with Gasteiger partial charge in [-0.1, -0.05) is 26.0 Å². The molecule has 142 valence electrons. The van der Waals surface area contributed by atoms with Crippen molar-refractivity contribution in [2.45, 2.75) is 32.7 Å². The Morgan fingerprint density at radius 3 is 2.48 bits per heavy atom. The number of carbonyl (C=O) groups excluding carboxylic acids is 2. The molecule has 27 heavy (non-hydrogen) atoms. The minimum absolute atomic E-state index is 0.0186. The zero-order valence-electron chi connectivity index (χ0n) is 15.9. The predicted octanol–water partition coefficient (Wildman–Crippen LogP) is 2.19. The number of carbonyl (C=O) groups is 2. The monoisotopic (exact) mass is 367 g/mol. The average Bonchev–Trinajstić information content (AvgIpc) is 3.04. The van der Waals surface area contributed by atoms with E-state index >= 15 is 0 Å². The highest BCUT2D eigenvalue weighted by Crippen LogP contribution is 2.28. The minimum atomic E-state index is -0.345. The van der Waals surface area contributed by atoms with Gasteiger partial charge < -0.3 is 15.5 Å². The quantitative estimate of drug-likeness (QED) is 0.874. The van der Waals surface area contributed by atoms with E-state index in [1.807, 2.05) is 24.3 Å². The second kappa shape index (κ2) is 7.73. The molecule has 3 rings (SSSR count). The Kier molecular flexibility index (Phi) is 5.39. The summed E-state index contributed by atoms with van der Waals surface area (Å²) in [7, 11) is 1.73. The van der Waals surface area contributed by atoms with Gasteiger partial charge in [0.25, 0.3) is 0 Å². The Balaban J connectivity index is 1.65. The first-order valence-corrected chi connectivity index (χ1v) is 9.07. The minimum Gasteiger partial charge on any atom is -0.368 e. The molecule has 1 saturated heterocycles. The van der Waals surface area contributed by atoms with Crippen LogP contribution in [-0.4, -0.2) is 40.3 Å². The zero-order chi connectivity index (χ0) is 19.6. The first-order valence-electron chi connectivity index (χ1n) is 9.07. The summed E-state index contributed by atoms with van der Waals surface area (Å²) >= 11 is 0. The van der Waals surface area contributed by atoms with Crippen molar-refractivity contribution in [3.63, 3.8) is 0 Å². The third kappa shape index (κ3) is 4.24. The summed E-state index contributed by atoms with van der Waals surface area (Å²) in [5.41, 5.74) is 8.35. The summed E-state index contributed by atoms with van der Waals surface area (Å²) in [5, 5.41) is 0. The molecule has 7 heteroatoms. The number of benzene rings is 1. The lowest BCUT2D eigenvalue weighted by atomic mass is 10.0. The molecule has 0 saturated carbocycles. The van der Waals surface area contributed by atoms with Gasteiger partial charge in [0, 0.05) is 50.2 Å². The summed E-state index contributed by atoms with van der Waals surface area (Å²) in [5.74, 6) is 0.222. The Hall–Kier alpha value is -2.96. The topological polar surface area (TPSA) is 92.4 Å². The van der Waals surface area contributed by atoms with Crippen molar-refractivity contribution >= 4 is 23.5 Å². The van der Waals surface area contributed by atoms with Crippen LogP contribution in [0.25, 0.3) is 0 Å². The maximum absolute atomic E-state index is 12.8. The molecule has 0 unspecified atom stereocenters. The lowest BCUT2D eigenvalue weighted by molar-refractivity contribution is -0.135. The molecular weight excluding hydrogens is 342 g/mol. The van der Waals surface area contributed by atoms with Gasteiger partial charge in [0.05, 0.1) is 5.92 Å². The van der Waals surface area contributed by atoms with Crippen LogP contribution in [0.2, 0.25) is 0 Å². The summed E-state index contributed by atoms with van der Waals surface area (Å²) in [6.07, 6.45) is 3.44. The number of hydrogen-bond acceptors (Lipinski definition) is 5. The van der Waals surface area contributed by atoms with E-state index in [4.69, 9.17) is 5.73 Å². The largest absolute Gasteiger partial charge is 0.368 e. The summed E-state index contributed by atoms with van der Waals surface area (Å²) in [6, 6.07) is 7.98. The van der Waals surface area contributed by atoms with Gasteiger partial charge in [-0.25, -0.2) is 9.97 Å². The van der Waals surface area contributed by atoms with Gasteiger partial charge in [-0.2, -0.15) is 0 Å². The highest BCUT2D eigenvalue weighted by Gasteiger charge is 2.36. The number of amides is 2. The fraction of sp³-hybridized carbons (Fsp3) is 0.400. The van der Waals surface area contributed by atoms with E-state index in [1.54, 1.807) is 29.2 Å². The molecule has 2 N–H and O–H groups in total. The van der Waals surface area contributed by atoms with Crippen LogP contribution in [0.1, 0.15) is 37.3 Å². The molecule has 1 aromatic carbocycles. The van der Waals surface area contributed by atoms with Crippen molar-refractivity contribution in [3.8, 4) is 0 Å². The van der Waals surface area contributed by atoms with E-state index in [0.29, 0.717) is 19.0 Å². The molecular formula is C20H25N5O2. The van der Waals surface area contributed by atoms with E-state index in [2.05, 4.69) is 23.8 Å². The summed E-state index contributed by atoms with van der Waals surface area (Å²) in [6.45, 7) is 5.05. The fourth-order valence-electron chi connectivity index (χ4n) is 3.27. The van der Waals surface area contributed by atoms with Gasteiger partial charge in [-0.3, -0.25) is 9.59 Å². The normalized spacial score (nSPS) is 16.8. The first kappa shape index (κ1) is 18.8. The number of anilines is 2. The predicted molar refractivity (Wildman–Crippen MR) is 104 cm³/mol. The van der Waals surface area contributed by atoms with Gasteiger partial charge in [-0.15, -0.1) is 0 Å². The molecule has 0 spiro atoms.